The predicted octanol–water partition coefficient (Wildman–Crippen LogP) is 1.58. The Labute approximate surface area is 114 Å². The molecule has 1 saturated heterocycles. The Morgan fingerprint density at radius 3 is 2.89 bits per heavy atom. The van der Waals surface area contributed by atoms with Gasteiger partial charge in [0.05, 0.1) is 13.2 Å². The van der Waals surface area contributed by atoms with E-state index in [4.69, 9.17) is 9.47 Å². The molecule has 0 aromatic heterocycles. The lowest BCUT2D eigenvalue weighted by atomic mass is 10.2. The third-order valence-electron chi connectivity index (χ3n) is 3.37. The topological polar surface area (TPSA) is 35.1 Å². The summed E-state index contributed by atoms with van der Waals surface area (Å²) in [6.45, 7) is 5.81. The maximum Gasteiger partial charge on any atom is 0.123 e. The summed E-state index contributed by atoms with van der Waals surface area (Å²) in [6, 6.07) is 6.17. The van der Waals surface area contributed by atoms with Gasteiger partial charge in [0.25, 0.3) is 0 Å². The molecule has 0 radical (unpaired) electrons. The summed E-state index contributed by atoms with van der Waals surface area (Å²) in [4.78, 5) is 0. The Hall–Kier alpha value is -1.13. The Morgan fingerprint density at radius 1 is 1.42 bits per heavy atom. The SMILES string of the molecule is C[C@@H](C[NH2+]C[C@@H]1CCCO1)COc1ccc(F)cc1. The summed E-state index contributed by atoms with van der Waals surface area (Å²) < 4.78 is 23.9. The molecule has 0 unspecified atom stereocenters. The van der Waals surface area contributed by atoms with Crippen molar-refractivity contribution in [3.8, 4) is 5.75 Å². The maximum absolute atomic E-state index is 12.7. The minimum Gasteiger partial charge on any atom is -0.493 e. The Balaban J connectivity index is 1.58. The third kappa shape index (κ3) is 5.17. The first kappa shape index (κ1) is 14.3. The van der Waals surface area contributed by atoms with E-state index in [0.717, 1.165) is 25.4 Å². The second-order valence-electron chi connectivity index (χ2n) is 5.27. The largest absolute Gasteiger partial charge is 0.493 e. The van der Waals surface area contributed by atoms with E-state index >= 15 is 0 Å². The molecule has 0 aliphatic carbocycles. The second-order valence-corrected chi connectivity index (χ2v) is 5.27. The van der Waals surface area contributed by atoms with Gasteiger partial charge in [0.1, 0.15) is 24.2 Å². The van der Waals surface area contributed by atoms with Crippen molar-refractivity contribution in [1.29, 1.82) is 0 Å². The van der Waals surface area contributed by atoms with Crippen LogP contribution in [0.15, 0.2) is 24.3 Å². The lowest BCUT2D eigenvalue weighted by Gasteiger charge is -2.13. The van der Waals surface area contributed by atoms with Gasteiger partial charge in [-0.2, -0.15) is 0 Å². The second kappa shape index (κ2) is 7.46. The van der Waals surface area contributed by atoms with Crippen molar-refractivity contribution in [2.45, 2.75) is 25.9 Å². The zero-order valence-corrected chi connectivity index (χ0v) is 11.5. The van der Waals surface area contributed by atoms with E-state index in [0.29, 0.717) is 18.6 Å². The number of hydrogen-bond donors (Lipinski definition) is 1. The number of benzene rings is 1. The highest BCUT2D eigenvalue weighted by molar-refractivity contribution is 5.21. The van der Waals surface area contributed by atoms with Crippen molar-refractivity contribution < 1.29 is 19.2 Å². The molecular weight excluding hydrogens is 245 g/mol. The van der Waals surface area contributed by atoms with Crippen LogP contribution in [-0.4, -0.2) is 32.4 Å². The van der Waals surface area contributed by atoms with Crippen molar-refractivity contribution in [1.82, 2.24) is 0 Å². The fraction of sp³-hybridized carbons (Fsp3) is 0.600. The van der Waals surface area contributed by atoms with Gasteiger partial charge in [-0.1, -0.05) is 6.92 Å². The van der Waals surface area contributed by atoms with Gasteiger partial charge >= 0.3 is 0 Å². The Bertz CT molecular complexity index is 363. The molecule has 0 amide bonds. The fourth-order valence-corrected chi connectivity index (χ4v) is 2.23. The number of quaternary nitrogens is 1. The van der Waals surface area contributed by atoms with Crippen LogP contribution in [-0.2, 0) is 4.74 Å². The van der Waals surface area contributed by atoms with Crippen LogP contribution in [0.2, 0.25) is 0 Å². The van der Waals surface area contributed by atoms with E-state index in [1.807, 2.05) is 0 Å². The number of ether oxygens (including phenoxy) is 2. The van der Waals surface area contributed by atoms with E-state index < -0.39 is 0 Å². The third-order valence-corrected chi connectivity index (χ3v) is 3.37. The molecule has 0 saturated carbocycles. The van der Waals surface area contributed by atoms with Crippen LogP contribution in [0.1, 0.15) is 19.8 Å². The molecule has 19 heavy (non-hydrogen) atoms. The summed E-state index contributed by atoms with van der Waals surface area (Å²) in [6.07, 6.45) is 2.82. The van der Waals surface area contributed by atoms with Gasteiger partial charge in [-0.15, -0.1) is 0 Å². The molecule has 0 bridgehead atoms. The molecule has 1 aromatic rings. The standard InChI is InChI=1S/C15H22FNO2/c1-12(9-17-10-15-3-2-8-18-15)11-19-14-6-4-13(16)5-7-14/h4-7,12,15,17H,2-3,8-11H2,1H3/p+1/t12-,15-/m0/s1. The lowest BCUT2D eigenvalue weighted by molar-refractivity contribution is -0.665. The van der Waals surface area contributed by atoms with Crippen molar-refractivity contribution in [3.05, 3.63) is 30.1 Å². The van der Waals surface area contributed by atoms with Crippen LogP contribution >= 0.6 is 0 Å². The minimum atomic E-state index is -0.231. The van der Waals surface area contributed by atoms with Crippen LogP contribution in [0.3, 0.4) is 0 Å². The highest BCUT2D eigenvalue weighted by Gasteiger charge is 2.17. The predicted molar refractivity (Wildman–Crippen MR) is 71.7 cm³/mol. The lowest BCUT2D eigenvalue weighted by Crippen LogP contribution is -2.87. The van der Waals surface area contributed by atoms with Crippen molar-refractivity contribution in [3.63, 3.8) is 0 Å². The molecule has 1 aromatic carbocycles. The zero-order valence-electron chi connectivity index (χ0n) is 11.5. The van der Waals surface area contributed by atoms with Gasteiger partial charge < -0.3 is 14.8 Å². The first-order chi connectivity index (χ1) is 9.24. The molecule has 2 rings (SSSR count). The minimum absolute atomic E-state index is 0.231. The summed E-state index contributed by atoms with van der Waals surface area (Å²) >= 11 is 0. The summed E-state index contributed by atoms with van der Waals surface area (Å²) in [7, 11) is 0. The van der Waals surface area contributed by atoms with Crippen molar-refractivity contribution in [2.24, 2.45) is 5.92 Å². The van der Waals surface area contributed by atoms with E-state index in [9.17, 15) is 4.39 Å². The van der Waals surface area contributed by atoms with E-state index in [2.05, 4.69) is 12.2 Å². The smallest absolute Gasteiger partial charge is 0.123 e. The van der Waals surface area contributed by atoms with E-state index in [-0.39, 0.29) is 5.82 Å². The first-order valence-electron chi connectivity index (χ1n) is 7.05. The number of halogens is 1. The van der Waals surface area contributed by atoms with Crippen molar-refractivity contribution in [2.75, 3.05) is 26.3 Å². The monoisotopic (exact) mass is 268 g/mol. The molecule has 3 nitrogen and oxygen atoms in total. The highest BCUT2D eigenvalue weighted by atomic mass is 19.1. The highest BCUT2D eigenvalue weighted by Crippen LogP contribution is 2.12. The van der Waals surface area contributed by atoms with Crippen molar-refractivity contribution >= 4 is 0 Å². The van der Waals surface area contributed by atoms with Gasteiger partial charge in [-0.3, -0.25) is 0 Å². The normalized spacial score (nSPS) is 20.4. The summed E-state index contributed by atoms with van der Waals surface area (Å²) in [5.41, 5.74) is 0. The van der Waals surface area contributed by atoms with Gasteiger partial charge in [0, 0.05) is 12.5 Å². The van der Waals surface area contributed by atoms with Crippen LogP contribution < -0.4 is 10.1 Å². The fourth-order valence-electron chi connectivity index (χ4n) is 2.23. The Kier molecular flexibility index (Phi) is 5.61. The zero-order chi connectivity index (χ0) is 13.5. The summed E-state index contributed by atoms with van der Waals surface area (Å²) in [5, 5.41) is 2.30. The molecule has 0 spiro atoms. The molecule has 2 atom stereocenters. The number of nitrogens with two attached hydrogens (primary N) is 1. The molecule has 1 aliphatic heterocycles. The molecule has 1 fully saturated rings. The van der Waals surface area contributed by atoms with Crippen LogP contribution in [0, 0.1) is 11.7 Å². The molecule has 1 aliphatic rings. The van der Waals surface area contributed by atoms with Crippen LogP contribution in [0.25, 0.3) is 0 Å². The average molecular weight is 268 g/mol. The molecule has 106 valence electrons. The van der Waals surface area contributed by atoms with E-state index in [1.54, 1.807) is 12.1 Å². The molecule has 4 heteroatoms. The van der Waals surface area contributed by atoms with Crippen LogP contribution in [0.4, 0.5) is 4.39 Å². The number of rotatable bonds is 7. The first-order valence-corrected chi connectivity index (χ1v) is 7.05. The molecular formula is C15H23FNO2+. The number of hydrogen-bond acceptors (Lipinski definition) is 2. The Morgan fingerprint density at radius 2 is 2.21 bits per heavy atom. The molecule has 2 N–H and O–H groups in total. The summed E-state index contributed by atoms with van der Waals surface area (Å²) in [5.74, 6) is 0.962. The van der Waals surface area contributed by atoms with Gasteiger partial charge in [0.2, 0.25) is 0 Å². The maximum atomic E-state index is 12.7. The van der Waals surface area contributed by atoms with Gasteiger partial charge in [0.15, 0.2) is 0 Å². The van der Waals surface area contributed by atoms with Crippen LogP contribution in [0.5, 0.6) is 5.75 Å². The average Bonchev–Trinajstić information content (AvgIpc) is 2.91. The van der Waals surface area contributed by atoms with Gasteiger partial charge in [-0.25, -0.2) is 4.39 Å². The quantitative estimate of drug-likeness (QED) is 0.815. The van der Waals surface area contributed by atoms with Gasteiger partial charge in [-0.05, 0) is 37.1 Å². The van der Waals surface area contributed by atoms with E-state index in [1.165, 1.54) is 25.0 Å². The molecule has 1 heterocycles.